The Balaban J connectivity index is 0.00000341. The van der Waals surface area contributed by atoms with Crippen LogP contribution in [-0.2, 0) is 22.3 Å². The van der Waals surface area contributed by atoms with Crippen molar-refractivity contribution in [1.82, 2.24) is 25.0 Å². The Morgan fingerprint density at radius 2 is 1.87 bits per heavy atom. The molecular formula is C18H28F3IN6O2S. The Hall–Kier alpha value is -1.19. The number of alkyl halides is 3. The summed E-state index contributed by atoms with van der Waals surface area (Å²) in [5.74, 6) is 0.775. The lowest BCUT2D eigenvalue weighted by molar-refractivity contribution is -0.140. The fourth-order valence-corrected chi connectivity index (χ4v) is 4.03. The molecule has 2 aliphatic rings. The van der Waals surface area contributed by atoms with Crippen LogP contribution in [0.15, 0.2) is 10.4 Å². The van der Waals surface area contributed by atoms with Crippen LogP contribution in [0.4, 0.5) is 13.2 Å². The first-order valence-electron chi connectivity index (χ1n) is 9.99. The molecule has 1 aromatic heterocycles. The van der Waals surface area contributed by atoms with Crippen LogP contribution in [0.1, 0.15) is 17.6 Å². The van der Waals surface area contributed by atoms with Gasteiger partial charge in [0, 0.05) is 51.2 Å². The number of carbonyl (C=O) groups is 1. The highest BCUT2D eigenvalue weighted by molar-refractivity contribution is 14.0. The van der Waals surface area contributed by atoms with Gasteiger partial charge >= 0.3 is 6.18 Å². The van der Waals surface area contributed by atoms with Gasteiger partial charge in [0.25, 0.3) is 0 Å². The summed E-state index contributed by atoms with van der Waals surface area (Å²) in [6.45, 7) is 8.36. The Bertz CT molecular complexity index is 734. The van der Waals surface area contributed by atoms with Crippen LogP contribution in [0.2, 0.25) is 0 Å². The zero-order valence-corrected chi connectivity index (χ0v) is 20.5. The molecule has 0 aromatic carbocycles. The number of guanidine groups is 1. The number of carbonyl (C=O) groups excluding carboxylic acids is 1. The number of nitrogens with zero attached hydrogens (tertiary/aromatic N) is 5. The van der Waals surface area contributed by atoms with E-state index in [0.717, 1.165) is 29.8 Å². The van der Waals surface area contributed by atoms with Crippen molar-refractivity contribution < 1.29 is 22.7 Å². The monoisotopic (exact) mass is 576 g/mol. The number of aromatic nitrogens is 1. The largest absolute Gasteiger partial charge is 0.434 e. The summed E-state index contributed by atoms with van der Waals surface area (Å²) >= 11 is 0.960. The van der Waals surface area contributed by atoms with Gasteiger partial charge in [-0.05, 0) is 6.92 Å². The SMILES string of the molecule is CCNC(=NCc1nc(C(F)(F)F)cs1)N1CCN(CC(=O)N2CCOCC2)CC1.I. The van der Waals surface area contributed by atoms with Crippen molar-refractivity contribution in [2.24, 2.45) is 4.99 Å². The molecular weight excluding hydrogens is 548 g/mol. The lowest BCUT2D eigenvalue weighted by Crippen LogP contribution is -2.54. The normalized spacial score (nSPS) is 18.6. The number of rotatable bonds is 5. The van der Waals surface area contributed by atoms with Gasteiger partial charge < -0.3 is 19.9 Å². The molecule has 0 bridgehead atoms. The van der Waals surface area contributed by atoms with Crippen molar-refractivity contribution in [1.29, 1.82) is 0 Å². The first-order chi connectivity index (χ1) is 14.4. The molecule has 1 aromatic rings. The van der Waals surface area contributed by atoms with E-state index in [4.69, 9.17) is 4.74 Å². The minimum atomic E-state index is -4.43. The van der Waals surface area contributed by atoms with Crippen LogP contribution in [0.3, 0.4) is 0 Å². The highest BCUT2D eigenvalue weighted by Gasteiger charge is 2.33. The van der Waals surface area contributed by atoms with Gasteiger partial charge in [-0.1, -0.05) is 0 Å². The number of thiazole rings is 1. The Labute approximate surface area is 200 Å². The van der Waals surface area contributed by atoms with Crippen molar-refractivity contribution in [3.05, 3.63) is 16.1 Å². The number of morpholine rings is 1. The van der Waals surface area contributed by atoms with Crippen molar-refractivity contribution in [3.63, 3.8) is 0 Å². The van der Waals surface area contributed by atoms with Gasteiger partial charge in [-0.25, -0.2) is 9.98 Å². The lowest BCUT2D eigenvalue weighted by atomic mass is 10.3. The summed E-state index contributed by atoms with van der Waals surface area (Å²) in [5, 5.41) is 4.53. The van der Waals surface area contributed by atoms with Crippen molar-refractivity contribution in [3.8, 4) is 0 Å². The van der Waals surface area contributed by atoms with Gasteiger partial charge in [0.2, 0.25) is 5.91 Å². The minimum Gasteiger partial charge on any atom is -0.378 e. The second kappa shape index (κ2) is 12.2. The molecule has 8 nitrogen and oxygen atoms in total. The number of nitrogens with one attached hydrogen (secondary N) is 1. The highest BCUT2D eigenvalue weighted by atomic mass is 127. The van der Waals surface area contributed by atoms with E-state index in [0.29, 0.717) is 63.4 Å². The molecule has 176 valence electrons. The summed E-state index contributed by atoms with van der Waals surface area (Å²) < 4.78 is 43.4. The van der Waals surface area contributed by atoms with E-state index in [2.05, 4.69) is 25.1 Å². The minimum absolute atomic E-state index is 0. The van der Waals surface area contributed by atoms with Gasteiger partial charge in [0.1, 0.15) is 5.01 Å². The summed E-state index contributed by atoms with van der Waals surface area (Å²) in [6.07, 6.45) is -4.43. The second-order valence-electron chi connectivity index (χ2n) is 7.05. The molecule has 0 atom stereocenters. The molecule has 2 fully saturated rings. The van der Waals surface area contributed by atoms with Crippen molar-refractivity contribution >= 4 is 47.2 Å². The standard InChI is InChI=1S/C18H27F3N6O2S.HI/c1-2-22-17(23-11-15-24-14(13-30-15)18(19,20)21)27-5-3-25(4-6-27)12-16(28)26-7-9-29-10-8-26;/h13H,2-12H2,1H3,(H,22,23);1H. The Morgan fingerprint density at radius 1 is 1.19 bits per heavy atom. The summed E-state index contributed by atoms with van der Waals surface area (Å²) in [5.41, 5.74) is -0.874. The first-order valence-corrected chi connectivity index (χ1v) is 10.9. The average Bonchev–Trinajstić information content (AvgIpc) is 3.22. The molecule has 1 N–H and O–H groups in total. The molecule has 0 spiro atoms. The topological polar surface area (TPSA) is 73.3 Å². The van der Waals surface area contributed by atoms with Gasteiger partial charge in [-0.3, -0.25) is 9.69 Å². The number of piperazine rings is 1. The van der Waals surface area contributed by atoms with Crippen molar-refractivity contribution in [2.45, 2.75) is 19.6 Å². The van der Waals surface area contributed by atoms with Crippen molar-refractivity contribution in [2.75, 3.05) is 65.6 Å². The number of hydrogen-bond donors (Lipinski definition) is 1. The Kier molecular flexibility index (Phi) is 10.2. The van der Waals surface area contributed by atoms with Crippen LogP contribution >= 0.6 is 35.3 Å². The highest BCUT2D eigenvalue weighted by Crippen LogP contribution is 2.30. The molecule has 0 radical (unpaired) electrons. The molecule has 0 saturated carbocycles. The summed E-state index contributed by atoms with van der Waals surface area (Å²) in [7, 11) is 0. The van der Waals surface area contributed by atoms with E-state index < -0.39 is 11.9 Å². The van der Waals surface area contributed by atoms with Crippen LogP contribution < -0.4 is 5.32 Å². The molecule has 0 unspecified atom stereocenters. The maximum atomic E-state index is 12.7. The molecule has 0 aliphatic carbocycles. The van der Waals surface area contributed by atoms with E-state index in [9.17, 15) is 18.0 Å². The van der Waals surface area contributed by atoms with E-state index in [1.54, 1.807) is 0 Å². The molecule has 2 saturated heterocycles. The van der Waals surface area contributed by atoms with Gasteiger partial charge in [0.05, 0.1) is 26.3 Å². The summed E-state index contributed by atoms with van der Waals surface area (Å²) in [6, 6.07) is 0. The predicted molar refractivity (Wildman–Crippen MR) is 123 cm³/mol. The smallest absolute Gasteiger partial charge is 0.378 e. The zero-order chi connectivity index (χ0) is 21.6. The molecule has 3 rings (SSSR count). The fourth-order valence-electron chi connectivity index (χ4n) is 3.30. The predicted octanol–water partition coefficient (Wildman–Crippen LogP) is 1.72. The van der Waals surface area contributed by atoms with Crippen LogP contribution in [0.25, 0.3) is 0 Å². The third kappa shape index (κ3) is 7.71. The van der Waals surface area contributed by atoms with Crippen LogP contribution in [0, 0.1) is 0 Å². The third-order valence-corrected chi connectivity index (χ3v) is 5.77. The average molecular weight is 576 g/mol. The lowest BCUT2D eigenvalue weighted by Gasteiger charge is -2.37. The molecule has 2 aliphatic heterocycles. The van der Waals surface area contributed by atoms with Gasteiger partial charge in [-0.2, -0.15) is 13.2 Å². The maximum absolute atomic E-state index is 12.7. The number of amides is 1. The van der Waals surface area contributed by atoms with Gasteiger partial charge in [-0.15, -0.1) is 35.3 Å². The van der Waals surface area contributed by atoms with E-state index in [1.807, 2.05) is 11.8 Å². The summed E-state index contributed by atoms with van der Waals surface area (Å²) in [4.78, 5) is 26.5. The maximum Gasteiger partial charge on any atom is 0.434 e. The molecule has 1 amide bonds. The van der Waals surface area contributed by atoms with Crippen LogP contribution in [0.5, 0.6) is 0 Å². The second-order valence-corrected chi connectivity index (χ2v) is 7.99. The number of hydrogen-bond acceptors (Lipinski definition) is 6. The van der Waals surface area contributed by atoms with E-state index >= 15 is 0 Å². The van der Waals surface area contributed by atoms with Crippen LogP contribution in [-0.4, -0.2) is 97.1 Å². The number of halogens is 4. The third-order valence-electron chi connectivity index (χ3n) is 4.94. The molecule has 31 heavy (non-hydrogen) atoms. The number of aliphatic imine (C=N–C) groups is 1. The first kappa shape index (κ1) is 26.1. The quantitative estimate of drug-likeness (QED) is 0.327. The zero-order valence-electron chi connectivity index (χ0n) is 17.4. The Morgan fingerprint density at radius 3 is 2.45 bits per heavy atom. The fraction of sp³-hybridized carbons (Fsp3) is 0.722. The number of ether oxygens (including phenoxy) is 1. The molecule has 13 heteroatoms. The molecule has 3 heterocycles. The van der Waals surface area contributed by atoms with E-state index in [-0.39, 0.29) is 36.4 Å². The van der Waals surface area contributed by atoms with Gasteiger partial charge in [0.15, 0.2) is 11.7 Å². The van der Waals surface area contributed by atoms with E-state index in [1.165, 1.54) is 0 Å².